The number of carbonyl (C=O) groups is 3. The Labute approximate surface area is 213 Å². The number of thioether (sulfide) groups is 1. The van der Waals surface area contributed by atoms with Crippen molar-refractivity contribution in [3.05, 3.63) is 57.0 Å². The molecule has 0 aliphatic carbocycles. The van der Waals surface area contributed by atoms with Crippen LogP contribution >= 0.6 is 39.0 Å². The molecule has 0 fully saturated rings. The van der Waals surface area contributed by atoms with E-state index >= 15 is 0 Å². The highest BCUT2D eigenvalue weighted by Gasteiger charge is 2.27. The minimum atomic E-state index is -0.611. The fourth-order valence-electron chi connectivity index (χ4n) is 2.93. The van der Waals surface area contributed by atoms with Gasteiger partial charge in [-0.15, -0.1) is 11.3 Å². The van der Waals surface area contributed by atoms with Gasteiger partial charge in [-0.1, -0.05) is 39.8 Å². The van der Waals surface area contributed by atoms with Crippen molar-refractivity contribution < 1.29 is 23.9 Å². The zero-order valence-corrected chi connectivity index (χ0v) is 21.9. The van der Waals surface area contributed by atoms with E-state index in [1.807, 2.05) is 24.3 Å². The first kappa shape index (κ1) is 25.9. The molecule has 0 unspecified atom stereocenters. The second kappa shape index (κ2) is 12.1. The molecular weight excluding hydrogens is 542 g/mol. The molecule has 3 rings (SSSR count). The van der Waals surface area contributed by atoms with Gasteiger partial charge >= 0.3 is 11.9 Å². The van der Waals surface area contributed by atoms with Gasteiger partial charge in [-0.2, -0.15) is 0 Å². The van der Waals surface area contributed by atoms with Crippen molar-refractivity contribution in [1.82, 2.24) is 9.97 Å². The molecule has 0 aliphatic rings. The van der Waals surface area contributed by atoms with Crippen molar-refractivity contribution in [3.63, 3.8) is 0 Å². The summed E-state index contributed by atoms with van der Waals surface area (Å²) in [7, 11) is 0. The number of ether oxygens (including phenoxy) is 2. The number of amides is 1. The minimum absolute atomic E-state index is 0.0117. The molecule has 34 heavy (non-hydrogen) atoms. The number of anilines is 1. The second-order valence-electron chi connectivity index (χ2n) is 6.77. The van der Waals surface area contributed by atoms with Crippen molar-refractivity contribution >= 4 is 61.9 Å². The van der Waals surface area contributed by atoms with Crippen LogP contribution in [0, 0.1) is 6.92 Å². The number of thiophene rings is 1. The topological polar surface area (TPSA) is 107 Å². The number of hydrogen-bond donors (Lipinski definition) is 1. The monoisotopic (exact) mass is 563 g/mol. The Morgan fingerprint density at radius 3 is 2.41 bits per heavy atom. The molecule has 2 aromatic heterocycles. The molecule has 0 bridgehead atoms. The molecular formula is C23H22BrN3O5S2. The number of nitrogens with zero attached hydrogens (tertiary/aromatic N) is 2. The maximum absolute atomic E-state index is 12.7. The maximum atomic E-state index is 12.7. The van der Waals surface area contributed by atoms with E-state index in [0.717, 1.165) is 38.8 Å². The summed E-state index contributed by atoms with van der Waals surface area (Å²) in [5.41, 5.74) is 2.23. The Hall–Kier alpha value is -2.76. The minimum Gasteiger partial charge on any atom is -0.462 e. The molecule has 0 aliphatic heterocycles. The Kier molecular flexibility index (Phi) is 9.20. The largest absolute Gasteiger partial charge is 0.462 e. The highest BCUT2D eigenvalue weighted by molar-refractivity contribution is 9.10. The average Bonchev–Trinajstić information content (AvgIpc) is 3.14. The quantitative estimate of drug-likeness (QED) is 0.210. The van der Waals surface area contributed by atoms with Gasteiger partial charge in [-0.3, -0.25) is 4.79 Å². The van der Waals surface area contributed by atoms with Crippen LogP contribution in [-0.4, -0.2) is 46.8 Å². The number of halogens is 1. The molecule has 0 atom stereocenters. The van der Waals surface area contributed by atoms with Gasteiger partial charge in [0.1, 0.15) is 9.88 Å². The summed E-state index contributed by atoms with van der Waals surface area (Å²) in [6.45, 7) is 5.37. The average molecular weight is 564 g/mol. The van der Waals surface area contributed by atoms with Crippen LogP contribution in [0.2, 0.25) is 0 Å². The van der Waals surface area contributed by atoms with Crippen molar-refractivity contribution in [2.24, 2.45) is 0 Å². The highest BCUT2D eigenvalue weighted by atomic mass is 79.9. The van der Waals surface area contributed by atoms with Gasteiger partial charge in [0.15, 0.2) is 5.16 Å². The first-order valence-corrected chi connectivity index (χ1v) is 12.9. The fourth-order valence-corrected chi connectivity index (χ4v) is 4.93. The van der Waals surface area contributed by atoms with Gasteiger partial charge in [-0.05, 0) is 44.5 Å². The third-order valence-corrected chi connectivity index (χ3v) is 7.02. The Morgan fingerprint density at radius 2 is 1.74 bits per heavy atom. The van der Waals surface area contributed by atoms with E-state index in [-0.39, 0.29) is 40.3 Å². The van der Waals surface area contributed by atoms with Crippen molar-refractivity contribution in [3.8, 4) is 11.3 Å². The zero-order chi connectivity index (χ0) is 24.7. The number of hydrogen-bond acceptors (Lipinski definition) is 9. The van der Waals surface area contributed by atoms with E-state index in [9.17, 15) is 14.4 Å². The molecule has 178 valence electrons. The smallest absolute Gasteiger partial charge is 0.348 e. The summed E-state index contributed by atoms with van der Waals surface area (Å²) >= 11 is 5.56. The fraction of sp³-hybridized carbons (Fsp3) is 0.261. The Bertz CT molecular complexity index is 1200. The Balaban J connectivity index is 1.74. The SMILES string of the molecule is CCOC(=O)c1sc(NC(=O)CSc2nccc(-c3ccc(Br)cc3)n2)c(C(=O)OCC)c1C. The van der Waals surface area contributed by atoms with Crippen LogP contribution in [0.3, 0.4) is 0 Å². The lowest BCUT2D eigenvalue weighted by Gasteiger charge is -2.07. The molecule has 1 N–H and O–H groups in total. The van der Waals surface area contributed by atoms with Gasteiger partial charge in [-0.25, -0.2) is 19.6 Å². The van der Waals surface area contributed by atoms with E-state index in [0.29, 0.717) is 10.7 Å². The first-order valence-electron chi connectivity index (χ1n) is 10.3. The van der Waals surface area contributed by atoms with Crippen molar-refractivity contribution in [2.75, 3.05) is 24.3 Å². The third-order valence-electron chi connectivity index (χ3n) is 4.45. The van der Waals surface area contributed by atoms with E-state index in [4.69, 9.17) is 9.47 Å². The van der Waals surface area contributed by atoms with E-state index < -0.39 is 11.9 Å². The summed E-state index contributed by atoms with van der Waals surface area (Å²) < 4.78 is 11.1. The molecule has 3 aromatic rings. The second-order valence-corrected chi connectivity index (χ2v) is 9.65. The predicted molar refractivity (Wildman–Crippen MR) is 135 cm³/mol. The Morgan fingerprint density at radius 1 is 1.06 bits per heavy atom. The number of rotatable bonds is 9. The molecule has 8 nitrogen and oxygen atoms in total. The lowest BCUT2D eigenvalue weighted by Crippen LogP contribution is -2.16. The zero-order valence-electron chi connectivity index (χ0n) is 18.7. The molecule has 0 saturated carbocycles. The number of carbonyl (C=O) groups excluding carboxylic acids is 3. The predicted octanol–water partition coefficient (Wildman–Crippen LogP) is 5.36. The molecule has 0 saturated heterocycles. The summed E-state index contributed by atoms with van der Waals surface area (Å²) in [6, 6.07) is 9.51. The molecule has 1 amide bonds. The van der Waals surface area contributed by atoms with E-state index in [1.165, 1.54) is 0 Å². The molecule has 0 spiro atoms. The normalized spacial score (nSPS) is 10.6. The number of nitrogens with one attached hydrogen (secondary N) is 1. The third kappa shape index (κ3) is 6.43. The van der Waals surface area contributed by atoms with Crippen LogP contribution in [-0.2, 0) is 14.3 Å². The molecule has 2 heterocycles. The van der Waals surface area contributed by atoms with Crippen molar-refractivity contribution in [1.29, 1.82) is 0 Å². The van der Waals surface area contributed by atoms with Crippen LogP contribution in [0.15, 0.2) is 46.2 Å². The molecule has 11 heteroatoms. The summed E-state index contributed by atoms with van der Waals surface area (Å²) in [6.07, 6.45) is 1.64. The van der Waals surface area contributed by atoms with Gasteiger partial charge in [0.05, 0.1) is 30.2 Å². The van der Waals surface area contributed by atoms with Gasteiger partial charge in [0, 0.05) is 16.2 Å². The van der Waals surface area contributed by atoms with Gasteiger partial charge < -0.3 is 14.8 Å². The summed E-state index contributed by atoms with van der Waals surface area (Å²) in [5.74, 6) is -1.52. The van der Waals surface area contributed by atoms with Gasteiger partial charge in [0.2, 0.25) is 5.91 Å². The maximum Gasteiger partial charge on any atom is 0.348 e. The molecule has 1 aromatic carbocycles. The van der Waals surface area contributed by atoms with Crippen LogP contribution in [0.25, 0.3) is 11.3 Å². The number of esters is 2. The van der Waals surface area contributed by atoms with Crippen LogP contribution in [0.1, 0.15) is 39.4 Å². The van der Waals surface area contributed by atoms with Crippen LogP contribution < -0.4 is 5.32 Å². The van der Waals surface area contributed by atoms with Crippen molar-refractivity contribution in [2.45, 2.75) is 25.9 Å². The number of aromatic nitrogens is 2. The highest BCUT2D eigenvalue weighted by Crippen LogP contribution is 2.34. The van der Waals surface area contributed by atoms with Gasteiger partial charge in [0.25, 0.3) is 0 Å². The lowest BCUT2D eigenvalue weighted by molar-refractivity contribution is -0.113. The van der Waals surface area contributed by atoms with Crippen LogP contribution in [0.5, 0.6) is 0 Å². The van der Waals surface area contributed by atoms with E-state index in [1.54, 1.807) is 33.0 Å². The van der Waals surface area contributed by atoms with E-state index in [2.05, 4.69) is 31.2 Å². The standard InChI is InChI=1S/C23H22BrN3O5S2/c1-4-31-21(29)18-13(3)19(22(30)32-5-2)34-20(18)27-17(28)12-33-23-25-11-10-16(26-23)14-6-8-15(24)9-7-14/h6-11H,4-5,12H2,1-3H3,(H,27,28). The number of benzene rings is 1. The molecule has 0 radical (unpaired) electrons. The van der Waals surface area contributed by atoms with Crippen LogP contribution in [0.4, 0.5) is 5.00 Å². The first-order chi connectivity index (χ1) is 16.3. The lowest BCUT2D eigenvalue weighted by atomic mass is 10.1. The summed E-state index contributed by atoms with van der Waals surface area (Å²) in [4.78, 5) is 46.4. The summed E-state index contributed by atoms with van der Waals surface area (Å²) in [5, 5.41) is 3.41.